The van der Waals surface area contributed by atoms with Crippen molar-refractivity contribution in [3.63, 3.8) is 0 Å². The predicted molar refractivity (Wildman–Crippen MR) is 81.5 cm³/mol. The van der Waals surface area contributed by atoms with Crippen LogP contribution in [-0.2, 0) is 4.74 Å². The van der Waals surface area contributed by atoms with Crippen LogP contribution in [0.15, 0.2) is 30.3 Å². The number of rotatable bonds is 5. The molecule has 2 fully saturated rings. The molecule has 1 unspecified atom stereocenters. The molecule has 1 N–H and O–H groups in total. The second-order valence-electron chi connectivity index (χ2n) is 6.37. The third-order valence-corrected chi connectivity index (χ3v) is 4.52. The monoisotopic (exact) mass is 291 g/mol. The van der Waals surface area contributed by atoms with Gasteiger partial charge in [-0.1, -0.05) is 18.2 Å². The summed E-state index contributed by atoms with van der Waals surface area (Å²) in [6.45, 7) is 4.92. The minimum Gasteiger partial charge on any atom is -0.491 e. The van der Waals surface area contributed by atoms with Gasteiger partial charge in [0.1, 0.15) is 18.0 Å². The lowest BCUT2D eigenvalue weighted by atomic mass is 10.00. The number of para-hydroxylation sites is 1. The van der Waals surface area contributed by atoms with Gasteiger partial charge in [0, 0.05) is 32.8 Å². The zero-order valence-electron chi connectivity index (χ0n) is 12.5. The Hall–Kier alpha value is -1.10. The van der Waals surface area contributed by atoms with Crippen LogP contribution >= 0.6 is 0 Å². The maximum atomic E-state index is 10.7. The standard InChI is InChI=1S/C17H25NO3/c19-17(14-21-16-4-2-1-3-5-16)8-9-18(13-17)12-15-6-10-20-11-7-15/h1-5,15,19H,6-14H2. The lowest BCUT2D eigenvalue weighted by Crippen LogP contribution is -2.40. The fourth-order valence-electron chi connectivity index (χ4n) is 3.24. The average molecular weight is 291 g/mol. The molecule has 0 amide bonds. The van der Waals surface area contributed by atoms with E-state index >= 15 is 0 Å². The fourth-order valence-corrected chi connectivity index (χ4v) is 3.24. The Morgan fingerprint density at radius 2 is 2.00 bits per heavy atom. The van der Waals surface area contributed by atoms with Crippen molar-refractivity contribution in [1.82, 2.24) is 4.90 Å². The molecule has 0 aliphatic carbocycles. The van der Waals surface area contributed by atoms with Crippen molar-refractivity contribution in [3.05, 3.63) is 30.3 Å². The maximum absolute atomic E-state index is 10.7. The van der Waals surface area contributed by atoms with E-state index in [4.69, 9.17) is 9.47 Å². The van der Waals surface area contributed by atoms with E-state index in [1.807, 2.05) is 30.3 Å². The number of likely N-dealkylation sites (tertiary alicyclic amines) is 1. The van der Waals surface area contributed by atoms with Crippen LogP contribution in [0.4, 0.5) is 0 Å². The van der Waals surface area contributed by atoms with E-state index in [-0.39, 0.29) is 0 Å². The Kier molecular flexibility index (Phi) is 4.78. The van der Waals surface area contributed by atoms with E-state index in [0.717, 1.165) is 63.8 Å². The molecule has 21 heavy (non-hydrogen) atoms. The van der Waals surface area contributed by atoms with Crippen LogP contribution in [0.25, 0.3) is 0 Å². The van der Waals surface area contributed by atoms with Gasteiger partial charge in [-0.15, -0.1) is 0 Å². The highest BCUT2D eigenvalue weighted by molar-refractivity contribution is 5.21. The summed E-state index contributed by atoms with van der Waals surface area (Å²) >= 11 is 0. The predicted octanol–water partition coefficient (Wildman–Crippen LogP) is 1.93. The quantitative estimate of drug-likeness (QED) is 0.900. The first kappa shape index (κ1) is 14.8. The molecule has 4 heteroatoms. The smallest absolute Gasteiger partial charge is 0.119 e. The van der Waals surface area contributed by atoms with E-state index in [9.17, 15) is 5.11 Å². The molecule has 3 rings (SSSR count). The number of β-amino-alcohol motifs (C(OH)–C–C–N with tert-alkyl or cyclic N) is 1. The van der Waals surface area contributed by atoms with E-state index < -0.39 is 5.60 Å². The van der Waals surface area contributed by atoms with Gasteiger partial charge < -0.3 is 14.6 Å². The van der Waals surface area contributed by atoms with Gasteiger partial charge >= 0.3 is 0 Å². The van der Waals surface area contributed by atoms with Crippen molar-refractivity contribution in [1.29, 1.82) is 0 Å². The second kappa shape index (κ2) is 6.77. The molecule has 4 nitrogen and oxygen atoms in total. The minimum atomic E-state index is -0.707. The second-order valence-corrected chi connectivity index (χ2v) is 6.37. The Bertz CT molecular complexity index is 433. The van der Waals surface area contributed by atoms with Crippen molar-refractivity contribution < 1.29 is 14.6 Å². The van der Waals surface area contributed by atoms with Gasteiger partial charge in [0.15, 0.2) is 0 Å². The van der Waals surface area contributed by atoms with Crippen molar-refractivity contribution in [2.75, 3.05) is 39.5 Å². The highest BCUT2D eigenvalue weighted by Gasteiger charge is 2.37. The summed E-state index contributed by atoms with van der Waals surface area (Å²) in [5.74, 6) is 1.55. The number of ether oxygens (including phenoxy) is 2. The van der Waals surface area contributed by atoms with Gasteiger partial charge in [-0.3, -0.25) is 4.90 Å². The van der Waals surface area contributed by atoms with Gasteiger partial charge in [-0.05, 0) is 37.3 Å². The SMILES string of the molecule is OC1(COc2ccccc2)CCN(CC2CCOCC2)C1. The Morgan fingerprint density at radius 1 is 1.24 bits per heavy atom. The lowest BCUT2D eigenvalue weighted by molar-refractivity contribution is 0.00000464. The van der Waals surface area contributed by atoms with E-state index in [1.165, 1.54) is 0 Å². The zero-order valence-corrected chi connectivity index (χ0v) is 12.5. The maximum Gasteiger partial charge on any atom is 0.119 e. The molecule has 2 aliphatic heterocycles. The molecule has 0 saturated carbocycles. The Balaban J connectivity index is 1.46. The number of nitrogens with zero attached hydrogens (tertiary/aromatic N) is 1. The van der Waals surface area contributed by atoms with Crippen molar-refractivity contribution in [3.8, 4) is 5.75 Å². The van der Waals surface area contributed by atoms with Crippen molar-refractivity contribution >= 4 is 0 Å². The minimum absolute atomic E-state index is 0.376. The first-order chi connectivity index (χ1) is 10.2. The summed E-state index contributed by atoms with van der Waals surface area (Å²) in [6, 6.07) is 9.72. The van der Waals surface area contributed by atoms with E-state index in [2.05, 4.69) is 4.90 Å². The number of hydrogen-bond donors (Lipinski definition) is 1. The summed E-state index contributed by atoms with van der Waals surface area (Å²) in [5, 5.41) is 10.7. The molecular formula is C17H25NO3. The van der Waals surface area contributed by atoms with Crippen LogP contribution in [0.3, 0.4) is 0 Å². The summed E-state index contributed by atoms with van der Waals surface area (Å²) < 4.78 is 11.1. The highest BCUT2D eigenvalue weighted by Crippen LogP contribution is 2.25. The Labute approximate surface area is 126 Å². The Morgan fingerprint density at radius 3 is 2.76 bits per heavy atom. The van der Waals surface area contributed by atoms with Gasteiger partial charge in [-0.2, -0.15) is 0 Å². The number of benzene rings is 1. The van der Waals surface area contributed by atoms with Gasteiger partial charge in [-0.25, -0.2) is 0 Å². The zero-order chi connectivity index (χ0) is 14.5. The first-order valence-corrected chi connectivity index (χ1v) is 7.94. The summed E-state index contributed by atoms with van der Waals surface area (Å²) in [6.07, 6.45) is 3.09. The van der Waals surface area contributed by atoms with Crippen LogP contribution in [0.2, 0.25) is 0 Å². The summed E-state index contributed by atoms with van der Waals surface area (Å²) in [4.78, 5) is 2.38. The molecule has 1 atom stereocenters. The van der Waals surface area contributed by atoms with Gasteiger partial charge in [0.2, 0.25) is 0 Å². The normalized spacial score (nSPS) is 27.9. The fraction of sp³-hybridized carbons (Fsp3) is 0.647. The topological polar surface area (TPSA) is 41.9 Å². The molecule has 0 bridgehead atoms. The van der Waals surface area contributed by atoms with Crippen molar-refractivity contribution in [2.24, 2.45) is 5.92 Å². The van der Waals surface area contributed by atoms with Crippen LogP contribution in [0.1, 0.15) is 19.3 Å². The van der Waals surface area contributed by atoms with Crippen LogP contribution in [0, 0.1) is 5.92 Å². The molecule has 0 aromatic heterocycles. The highest BCUT2D eigenvalue weighted by atomic mass is 16.5. The van der Waals surface area contributed by atoms with Crippen LogP contribution in [0.5, 0.6) is 5.75 Å². The molecule has 0 radical (unpaired) electrons. The lowest BCUT2D eigenvalue weighted by Gasteiger charge is -2.28. The van der Waals surface area contributed by atoms with Gasteiger partial charge in [0.25, 0.3) is 0 Å². The summed E-state index contributed by atoms with van der Waals surface area (Å²) in [7, 11) is 0. The first-order valence-electron chi connectivity index (χ1n) is 7.94. The van der Waals surface area contributed by atoms with Crippen LogP contribution < -0.4 is 4.74 Å². The third-order valence-electron chi connectivity index (χ3n) is 4.52. The molecule has 1 aromatic rings. The molecule has 116 valence electrons. The third kappa shape index (κ3) is 4.19. The number of hydrogen-bond acceptors (Lipinski definition) is 4. The molecular weight excluding hydrogens is 266 g/mol. The number of aliphatic hydroxyl groups is 1. The molecule has 2 aliphatic rings. The van der Waals surface area contributed by atoms with E-state index in [1.54, 1.807) is 0 Å². The molecule has 2 heterocycles. The molecule has 0 spiro atoms. The van der Waals surface area contributed by atoms with Gasteiger partial charge in [0.05, 0.1) is 0 Å². The van der Waals surface area contributed by atoms with E-state index in [0.29, 0.717) is 6.61 Å². The van der Waals surface area contributed by atoms with Crippen molar-refractivity contribution in [2.45, 2.75) is 24.9 Å². The van der Waals surface area contributed by atoms with Crippen LogP contribution in [-0.4, -0.2) is 55.1 Å². The average Bonchev–Trinajstić information content (AvgIpc) is 2.89. The summed E-state index contributed by atoms with van der Waals surface area (Å²) in [5.41, 5.74) is -0.707. The molecule has 1 aromatic carbocycles. The largest absolute Gasteiger partial charge is 0.491 e. The molecule has 2 saturated heterocycles.